The molecule has 1 fully saturated rings. The largest absolute Gasteiger partial charge is 0.335 e. The van der Waals surface area contributed by atoms with Crippen LogP contribution in [0.15, 0.2) is 115 Å². The van der Waals surface area contributed by atoms with E-state index in [1.165, 1.54) is 173 Å². The zero-order chi connectivity index (χ0) is 56.8. The molecule has 0 saturated heterocycles. The van der Waals surface area contributed by atoms with Crippen LogP contribution in [-0.2, 0) is 37.9 Å². The lowest BCUT2D eigenvalue weighted by atomic mass is 9.33. The highest BCUT2D eigenvalue weighted by Gasteiger charge is 2.62. The van der Waals surface area contributed by atoms with Gasteiger partial charge in [0.25, 0.3) is 6.71 Å². The van der Waals surface area contributed by atoms with Gasteiger partial charge in [-0.1, -0.05) is 189 Å². The number of rotatable bonds is 4. The molecule has 7 aromatic carbocycles. The Hall–Kier alpha value is -6.26. The number of benzene rings is 7. The monoisotopic (exact) mass is 1060 g/mol. The van der Waals surface area contributed by atoms with Crippen molar-refractivity contribution in [3.63, 3.8) is 0 Å². The summed E-state index contributed by atoms with van der Waals surface area (Å²) in [5, 5.41) is 1.42. The van der Waals surface area contributed by atoms with Gasteiger partial charge >= 0.3 is 0 Å². The SMILES string of the molecule is Cc1cc2c(cc1N(c1cc3c4c(c1)-n1c5c(c6cc(C(C)(C)C)cc(c61)B4c1cc(-c4ccccc4)cc4c1N3C1(C)CCCCC41C)C(C)(C)c1ccccc1-5)c1ccc3c(c1C)C(C)(C)CCC3(C)C)C(C)(C)CCC2(C)C. The van der Waals surface area contributed by atoms with E-state index in [2.05, 4.69) is 247 Å². The van der Waals surface area contributed by atoms with Crippen molar-refractivity contribution in [1.29, 1.82) is 0 Å². The summed E-state index contributed by atoms with van der Waals surface area (Å²) in [6.07, 6.45) is 9.52. The molecule has 4 heterocycles. The first-order valence-electron chi connectivity index (χ1n) is 31.3. The van der Waals surface area contributed by atoms with E-state index in [0.717, 1.165) is 6.42 Å². The number of fused-ring (bicyclic) bond motifs is 14. The van der Waals surface area contributed by atoms with Crippen LogP contribution < -0.4 is 26.2 Å². The fourth-order valence-electron chi connectivity index (χ4n) is 18.4. The minimum Gasteiger partial charge on any atom is -0.335 e. The molecule has 0 amide bonds. The van der Waals surface area contributed by atoms with E-state index in [1.54, 1.807) is 11.1 Å². The molecule has 81 heavy (non-hydrogen) atoms. The summed E-state index contributed by atoms with van der Waals surface area (Å²) in [4.78, 5) is 5.77. The first-order chi connectivity index (χ1) is 38.1. The predicted molar refractivity (Wildman–Crippen MR) is 347 cm³/mol. The summed E-state index contributed by atoms with van der Waals surface area (Å²) in [6.45, 7) is 42.6. The van der Waals surface area contributed by atoms with Gasteiger partial charge in [-0.2, -0.15) is 0 Å². The molecule has 2 unspecified atom stereocenters. The third-order valence-corrected chi connectivity index (χ3v) is 23.4. The van der Waals surface area contributed by atoms with Crippen molar-refractivity contribution in [3.8, 4) is 28.1 Å². The van der Waals surface area contributed by atoms with Crippen LogP contribution >= 0.6 is 0 Å². The second kappa shape index (κ2) is 16.1. The Balaban J connectivity index is 1.13. The minimum atomic E-state index is -0.210. The van der Waals surface area contributed by atoms with Gasteiger partial charge in [0.2, 0.25) is 0 Å². The highest BCUT2D eigenvalue weighted by molar-refractivity contribution is 7.00. The standard InChI is InChI=1S/C77H86BN3/c1-45-37-55-56(73(10,11)34-33-72(55,8)9)44-61(45)79(60-30-29-54-64(46(60)2)74(12,13)36-35-71(54,6)7)50-42-62-66-63(43-50)81-69-57(76(16)31-23-24-32-77(76,81)17)38-48(47-25-19-18-20-26-47)39-58(69)78(66)59-41-49(70(3,4)5)40-52-65-68(80(62)67(52)59)51-27-21-22-28-53(51)75(65,14)15/h18-22,25-30,37-44H,23-24,31-36H2,1-17H3. The fraction of sp³-hybridized carbons (Fsp3) is 0.429. The van der Waals surface area contributed by atoms with Gasteiger partial charge < -0.3 is 14.4 Å². The Morgan fingerprint density at radius 2 is 1.16 bits per heavy atom. The van der Waals surface area contributed by atoms with Crippen molar-refractivity contribution < 1.29 is 0 Å². The van der Waals surface area contributed by atoms with Crippen LogP contribution in [0.1, 0.15) is 211 Å². The fourth-order valence-corrected chi connectivity index (χ4v) is 18.4. The molecule has 0 bridgehead atoms. The lowest BCUT2D eigenvalue weighted by Crippen LogP contribution is -2.64. The zero-order valence-corrected chi connectivity index (χ0v) is 52.0. The van der Waals surface area contributed by atoms with Gasteiger partial charge in [-0.05, 0) is 206 Å². The Kier molecular flexibility index (Phi) is 10.3. The van der Waals surface area contributed by atoms with E-state index >= 15 is 0 Å². The van der Waals surface area contributed by atoms with E-state index < -0.39 is 0 Å². The molecule has 4 heteroatoms. The highest BCUT2D eigenvalue weighted by Crippen LogP contribution is 2.64. The number of anilines is 5. The maximum atomic E-state index is 2.98. The first kappa shape index (κ1) is 51.6. The molecule has 0 N–H and O–H groups in total. The van der Waals surface area contributed by atoms with Crippen molar-refractivity contribution >= 4 is 62.4 Å². The summed E-state index contributed by atoms with van der Waals surface area (Å²) < 4.78 is 2.83. The molecule has 1 aromatic heterocycles. The first-order valence-corrected chi connectivity index (χ1v) is 31.3. The molecule has 15 rings (SSSR count). The highest BCUT2D eigenvalue weighted by atomic mass is 15.3. The van der Waals surface area contributed by atoms with Crippen LogP contribution in [0.5, 0.6) is 0 Å². The normalized spacial score (nSPS) is 23.0. The second-order valence-corrected chi connectivity index (χ2v) is 31.4. The molecule has 0 radical (unpaired) electrons. The van der Waals surface area contributed by atoms with Crippen LogP contribution in [-0.4, -0.2) is 16.8 Å². The molecule has 3 nitrogen and oxygen atoms in total. The van der Waals surface area contributed by atoms with Gasteiger partial charge in [-0.3, -0.25) is 0 Å². The number of hydrogen-bond donors (Lipinski definition) is 0. The summed E-state index contributed by atoms with van der Waals surface area (Å²) >= 11 is 0. The Morgan fingerprint density at radius 1 is 0.519 bits per heavy atom. The lowest BCUT2D eigenvalue weighted by Gasteiger charge is -2.52. The Bertz CT molecular complexity index is 4080. The topological polar surface area (TPSA) is 11.4 Å². The van der Waals surface area contributed by atoms with E-state index in [-0.39, 0.29) is 50.2 Å². The Labute approximate surface area is 485 Å². The van der Waals surface area contributed by atoms with E-state index in [4.69, 9.17) is 0 Å². The van der Waals surface area contributed by atoms with Crippen LogP contribution in [0.4, 0.5) is 28.4 Å². The van der Waals surface area contributed by atoms with Crippen molar-refractivity contribution in [1.82, 2.24) is 4.57 Å². The lowest BCUT2D eigenvalue weighted by molar-refractivity contribution is 0.195. The third kappa shape index (κ3) is 6.60. The van der Waals surface area contributed by atoms with Crippen molar-refractivity contribution in [2.45, 2.75) is 213 Å². The smallest absolute Gasteiger partial charge is 0.252 e. The molecule has 0 spiro atoms. The van der Waals surface area contributed by atoms with E-state index in [9.17, 15) is 0 Å². The number of nitrogens with zero attached hydrogens (tertiary/aromatic N) is 3. The Morgan fingerprint density at radius 3 is 1.88 bits per heavy atom. The minimum absolute atomic E-state index is 0.0196. The van der Waals surface area contributed by atoms with Crippen LogP contribution in [0, 0.1) is 13.8 Å². The van der Waals surface area contributed by atoms with E-state index in [1.807, 2.05) is 0 Å². The molecule has 412 valence electrons. The van der Waals surface area contributed by atoms with Crippen LogP contribution in [0.25, 0.3) is 39.0 Å². The van der Waals surface area contributed by atoms with E-state index in [0.29, 0.717) is 0 Å². The van der Waals surface area contributed by atoms with Gasteiger partial charge in [0, 0.05) is 55.7 Å². The van der Waals surface area contributed by atoms with Crippen LogP contribution in [0.3, 0.4) is 0 Å². The molecular weight excluding hydrogens is 978 g/mol. The summed E-state index contributed by atoms with van der Waals surface area (Å²) in [5.41, 5.74) is 33.7. The predicted octanol–water partition coefficient (Wildman–Crippen LogP) is 18.6. The molecule has 2 atom stereocenters. The molecular formula is C77H86BN3. The third-order valence-electron chi connectivity index (χ3n) is 23.4. The molecule has 1 saturated carbocycles. The van der Waals surface area contributed by atoms with Crippen molar-refractivity contribution in [2.24, 2.45) is 0 Å². The van der Waals surface area contributed by atoms with Gasteiger partial charge in [0.1, 0.15) is 0 Å². The number of aromatic nitrogens is 1. The summed E-state index contributed by atoms with van der Waals surface area (Å²) in [5.74, 6) is 0. The summed E-state index contributed by atoms with van der Waals surface area (Å²) in [6, 6.07) is 47.2. The van der Waals surface area contributed by atoms with Gasteiger partial charge in [-0.15, -0.1) is 0 Å². The molecule has 4 aliphatic carbocycles. The average Bonchev–Trinajstić information content (AvgIpc) is 1.91. The zero-order valence-electron chi connectivity index (χ0n) is 52.0. The van der Waals surface area contributed by atoms with Gasteiger partial charge in [-0.25, -0.2) is 0 Å². The molecule has 3 aliphatic heterocycles. The number of aryl methyl sites for hydroxylation is 1. The average molecular weight is 1060 g/mol. The van der Waals surface area contributed by atoms with Gasteiger partial charge in [0.15, 0.2) is 0 Å². The van der Waals surface area contributed by atoms with Crippen LogP contribution in [0.2, 0.25) is 0 Å². The molecule has 8 aromatic rings. The molecule has 7 aliphatic rings. The van der Waals surface area contributed by atoms with Gasteiger partial charge in [0.05, 0.1) is 16.9 Å². The maximum Gasteiger partial charge on any atom is 0.252 e. The maximum absolute atomic E-state index is 2.98. The second-order valence-electron chi connectivity index (χ2n) is 31.4. The van der Waals surface area contributed by atoms with Crippen molar-refractivity contribution in [2.75, 3.05) is 9.80 Å². The number of hydrogen-bond acceptors (Lipinski definition) is 2. The summed E-state index contributed by atoms with van der Waals surface area (Å²) in [7, 11) is 0. The quantitative estimate of drug-likeness (QED) is 0.163. The van der Waals surface area contributed by atoms with Crippen molar-refractivity contribution in [3.05, 3.63) is 171 Å².